The zero-order chi connectivity index (χ0) is 15.7. The predicted molar refractivity (Wildman–Crippen MR) is 92.9 cm³/mol. The topological polar surface area (TPSA) is 45.7 Å². The van der Waals surface area contributed by atoms with Crippen LogP contribution in [0.15, 0.2) is 29.3 Å². The van der Waals surface area contributed by atoms with Crippen molar-refractivity contribution in [2.24, 2.45) is 4.99 Å². The van der Waals surface area contributed by atoms with Gasteiger partial charge in [0.25, 0.3) is 0 Å². The molecule has 4 nitrogen and oxygen atoms in total. The van der Waals surface area contributed by atoms with Crippen molar-refractivity contribution in [1.29, 1.82) is 0 Å². The summed E-state index contributed by atoms with van der Waals surface area (Å²) in [5.41, 5.74) is 1.29. The third-order valence-corrected chi connectivity index (χ3v) is 5.69. The standard InChI is InChI=1S/C19H27N3O/c1-20-18(21-14-7-6-8-14)22-16-13-19(11-4-5-12-19)23-17-10-3-2-9-15(16)17/h2-3,9-10,14,16H,4-8,11-13H2,1H3,(H2,20,21,22). The minimum atomic E-state index is 0.0291. The van der Waals surface area contributed by atoms with Crippen molar-refractivity contribution in [2.45, 2.75) is 69.1 Å². The lowest BCUT2D eigenvalue weighted by Crippen LogP contribution is -2.50. The number of benzene rings is 1. The Hall–Kier alpha value is -1.71. The van der Waals surface area contributed by atoms with Crippen LogP contribution in [0.3, 0.4) is 0 Å². The number of nitrogens with zero attached hydrogens (tertiary/aromatic N) is 1. The number of para-hydroxylation sites is 1. The molecule has 1 spiro atoms. The van der Waals surface area contributed by atoms with Crippen LogP contribution in [0.25, 0.3) is 0 Å². The molecule has 2 N–H and O–H groups in total. The third-order valence-electron chi connectivity index (χ3n) is 5.69. The zero-order valence-electron chi connectivity index (χ0n) is 14.0. The number of aliphatic imine (C=N–C) groups is 1. The number of ether oxygens (including phenoxy) is 1. The minimum absolute atomic E-state index is 0.0291. The highest BCUT2D eigenvalue weighted by Crippen LogP contribution is 2.46. The Balaban J connectivity index is 1.55. The van der Waals surface area contributed by atoms with E-state index in [9.17, 15) is 0 Å². The maximum absolute atomic E-state index is 6.44. The first-order valence-electron chi connectivity index (χ1n) is 9.06. The molecular weight excluding hydrogens is 286 g/mol. The summed E-state index contributed by atoms with van der Waals surface area (Å²) in [6.07, 6.45) is 9.80. The molecule has 2 saturated carbocycles. The van der Waals surface area contributed by atoms with Gasteiger partial charge in [0.1, 0.15) is 11.4 Å². The highest BCUT2D eigenvalue weighted by Gasteiger charge is 2.43. The Morgan fingerprint density at radius 2 is 1.91 bits per heavy atom. The Morgan fingerprint density at radius 3 is 2.61 bits per heavy atom. The van der Waals surface area contributed by atoms with Gasteiger partial charge in [0.2, 0.25) is 0 Å². The molecule has 0 bridgehead atoms. The second kappa shape index (κ2) is 6.06. The second-order valence-corrected chi connectivity index (χ2v) is 7.28. The molecule has 1 heterocycles. The third kappa shape index (κ3) is 2.91. The first-order valence-corrected chi connectivity index (χ1v) is 9.06. The number of fused-ring (bicyclic) bond motifs is 1. The largest absolute Gasteiger partial charge is 0.487 e. The summed E-state index contributed by atoms with van der Waals surface area (Å²) in [6, 6.07) is 9.36. The van der Waals surface area contributed by atoms with E-state index in [2.05, 4.69) is 39.9 Å². The van der Waals surface area contributed by atoms with Gasteiger partial charge in [0.05, 0.1) is 6.04 Å². The highest BCUT2D eigenvalue weighted by molar-refractivity contribution is 5.80. The summed E-state index contributed by atoms with van der Waals surface area (Å²) in [7, 11) is 1.87. The molecule has 1 aliphatic heterocycles. The normalized spacial score (nSPS) is 26.3. The van der Waals surface area contributed by atoms with Gasteiger partial charge in [0, 0.05) is 25.1 Å². The Labute approximate surface area is 138 Å². The van der Waals surface area contributed by atoms with Crippen LogP contribution >= 0.6 is 0 Å². The monoisotopic (exact) mass is 313 g/mol. The smallest absolute Gasteiger partial charge is 0.191 e. The Bertz CT molecular complexity index is 588. The zero-order valence-corrected chi connectivity index (χ0v) is 14.0. The van der Waals surface area contributed by atoms with E-state index in [1.165, 1.54) is 50.5 Å². The summed E-state index contributed by atoms with van der Waals surface area (Å²) >= 11 is 0. The van der Waals surface area contributed by atoms with Crippen molar-refractivity contribution < 1.29 is 4.74 Å². The van der Waals surface area contributed by atoms with Crippen LogP contribution in [0.4, 0.5) is 0 Å². The van der Waals surface area contributed by atoms with Crippen LogP contribution in [0.1, 0.15) is 63.0 Å². The SMILES string of the molecule is CN=C(NC1CCC1)NC1CC2(CCCC2)Oc2ccccc21. The average molecular weight is 313 g/mol. The van der Waals surface area contributed by atoms with Gasteiger partial charge in [-0.2, -0.15) is 0 Å². The molecule has 23 heavy (non-hydrogen) atoms. The molecular formula is C19H27N3O. The lowest BCUT2D eigenvalue weighted by Gasteiger charge is -2.41. The van der Waals surface area contributed by atoms with Gasteiger partial charge in [-0.25, -0.2) is 0 Å². The van der Waals surface area contributed by atoms with E-state index in [0.717, 1.165) is 18.1 Å². The molecule has 4 rings (SSSR count). The molecule has 1 unspecified atom stereocenters. The molecule has 0 radical (unpaired) electrons. The van der Waals surface area contributed by atoms with E-state index < -0.39 is 0 Å². The molecule has 2 fully saturated rings. The van der Waals surface area contributed by atoms with E-state index in [1.54, 1.807) is 0 Å². The molecule has 1 aromatic rings. The quantitative estimate of drug-likeness (QED) is 0.648. The van der Waals surface area contributed by atoms with Crippen LogP contribution in [0, 0.1) is 0 Å². The summed E-state index contributed by atoms with van der Waals surface area (Å²) in [4.78, 5) is 4.45. The van der Waals surface area contributed by atoms with E-state index in [-0.39, 0.29) is 11.6 Å². The van der Waals surface area contributed by atoms with Crippen LogP contribution in [-0.4, -0.2) is 24.7 Å². The van der Waals surface area contributed by atoms with Crippen molar-refractivity contribution in [1.82, 2.24) is 10.6 Å². The molecule has 4 heteroatoms. The first-order chi connectivity index (χ1) is 11.3. The van der Waals surface area contributed by atoms with Gasteiger partial charge in [-0.3, -0.25) is 4.99 Å². The van der Waals surface area contributed by atoms with Crippen LogP contribution in [0.5, 0.6) is 5.75 Å². The lowest BCUT2D eigenvalue weighted by atomic mass is 9.86. The van der Waals surface area contributed by atoms with Gasteiger partial charge < -0.3 is 15.4 Å². The summed E-state index contributed by atoms with van der Waals surface area (Å²) in [5.74, 6) is 1.99. The molecule has 1 atom stereocenters. The fourth-order valence-corrected chi connectivity index (χ4v) is 4.15. The van der Waals surface area contributed by atoms with E-state index >= 15 is 0 Å². The van der Waals surface area contributed by atoms with Crippen LogP contribution in [-0.2, 0) is 0 Å². The lowest BCUT2D eigenvalue weighted by molar-refractivity contribution is 0.0395. The summed E-state index contributed by atoms with van der Waals surface area (Å²) in [6.45, 7) is 0. The van der Waals surface area contributed by atoms with Gasteiger partial charge >= 0.3 is 0 Å². The van der Waals surface area contributed by atoms with Crippen molar-refractivity contribution >= 4 is 5.96 Å². The van der Waals surface area contributed by atoms with Gasteiger partial charge in [-0.15, -0.1) is 0 Å². The average Bonchev–Trinajstić information content (AvgIpc) is 2.97. The Morgan fingerprint density at radius 1 is 1.13 bits per heavy atom. The highest BCUT2D eigenvalue weighted by atomic mass is 16.5. The number of rotatable bonds is 2. The molecule has 0 amide bonds. The molecule has 1 aromatic carbocycles. The van der Waals surface area contributed by atoms with Crippen molar-refractivity contribution in [2.75, 3.05) is 7.05 Å². The van der Waals surface area contributed by atoms with E-state index in [1.807, 2.05) is 7.05 Å². The van der Waals surface area contributed by atoms with E-state index in [0.29, 0.717) is 6.04 Å². The van der Waals surface area contributed by atoms with Gasteiger partial charge in [-0.1, -0.05) is 18.2 Å². The first kappa shape index (κ1) is 14.9. The molecule has 0 aromatic heterocycles. The maximum atomic E-state index is 6.44. The van der Waals surface area contributed by atoms with Gasteiger partial charge in [-0.05, 0) is 51.0 Å². The van der Waals surface area contributed by atoms with Crippen LogP contribution in [0.2, 0.25) is 0 Å². The van der Waals surface area contributed by atoms with Gasteiger partial charge in [0.15, 0.2) is 5.96 Å². The van der Waals surface area contributed by atoms with Crippen molar-refractivity contribution in [3.63, 3.8) is 0 Å². The minimum Gasteiger partial charge on any atom is -0.487 e. The van der Waals surface area contributed by atoms with Crippen LogP contribution < -0.4 is 15.4 Å². The molecule has 3 aliphatic rings. The van der Waals surface area contributed by atoms with Crippen molar-refractivity contribution in [3.8, 4) is 5.75 Å². The van der Waals surface area contributed by atoms with E-state index in [4.69, 9.17) is 4.74 Å². The summed E-state index contributed by atoms with van der Waals surface area (Å²) in [5, 5.41) is 7.23. The number of nitrogens with one attached hydrogen (secondary N) is 2. The predicted octanol–water partition coefficient (Wildman–Crippen LogP) is 3.54. The number of hydrogen-bond acceptors (Lipinski definition) is 2. The molecule has 124 valence electrons. The number of guanidine groups is 1. The maximum Gasteiger partial charge on any atom is 0.191 e. The van der Waals surface area contributed by atoms with Crippen molar-refractivity contribution in [3.05, 3.63) is 29.8 Å². The molecule has 2 aliphatic carbocycles. The fraction of sp³-hybridized carbons (Fsp3) is 0.632. The molecule has 0 saturated heterocycles. The fourth-order valence-electron chi connectivity index (χ4n) is 4.15. The Kier molecular flexibility index (Phi) is 3.92. The summed E-state index contributed by atoms with van der Waals surface area (Å²) < 4.78 is 6.44. The number of hydrogen-bond donors (Lipinski definition) is 2. The second-order valence-electron chi connectivity index (χ2n) is 7.28.